The first kappa shape index (κ1) is 17.2. The van der Waals surface area contributed by atoms with Gasteiger partial charge in [0.25, 0.3) is 5.91 Å². The summed E-state index contributed by atoms with van der Waals surface area (Å²) in [5.74, 6) is 2.05. The number of carbonyl (C=O) groups excluding carboxylic acids is 1. The molecule has 3 heterocycles. The van der Waals surface area contributed by atoms with Crippen LogP contribution in [0.3, 0.4) is 0 Å². The number of hydrogen-bond acceptors (Lipinski definition) is 6. The number of thiazole rings is 1. The Morgan fingerprint density at radius 1 is 1.38 bits per heavy atom. The molecule has 7 nitrogen and oxygen atoms in total. The summed E-state index contributed by atoms with van der Waals surface area (Å²) in [6.45, 7) is 3.70. The van der Waals surface area contributed by atoms with Crippen molar-refractivity contribution in [1.82, 2.24) is 14.3 Å². The summed E-state index contributed by atoms with van der Waals surface area (Å²) in [7, 11) is 0. The molecule has 0 saturated heterocycles. The van der Waals surface area contributed by atoms with Crippen molar-refractivity contribution in [2.24, 2.45) is 4.99 Å². The van der Waals surface area contributed by atoms with Crippen LogP contribution in [0.1, 0.15) is 17.4 Å². The van der Waals surface area contributed by atoms with E-state index in [-0.39, 0.29) is 12.7 Å². The molecule has 9 heteroatoms. The van der Waals surface area contributed by atoms with Crippen molar-refractivity contribution < 1.29 is 14.3 Å². The van der Waals surface area contributed by atoms with Gasteiger partial charge in [0.05, 0.1) is 10.2 Å². The van der Waals surface area contributed by atoms with Gasteiger partial charge in [-0.2, -0.15) is 21.9 Å². The highest BCUT2D eigenvalue weighted by atomic mass is 32.2. The van der Waals surface area contributed by atoms with Crippen molar-refractivity contribution in [3.63, 3.8) is 0 Å². The van der Waals surface area contributed by atoms with E-state index in [1.165, 1.54) is 11.3 Å². The number of carbonyl (C=O) groups is 1. The first-order valence-electron chi connectivity index (χ1n) is 8.24. The van der Waals surface area contributed by atoms with Crippen LogP contribution in [0.25, 0.3) is 10.2 Å². The molecule has 26 heavy (non-hydrogen) atoms. The fraction of sp³-hybridized carbons (Fsp3) is 0.353. The van der Waals surface area contributed by atoms with E-state index in [4.69, 9.17) is 9.47 Å². The molecule has 2 aromatic heterocycles. The average molecular weight is 390 g/mol. The Balaban J connectivity index is 1.80. The molecule has 0 bridgehead atoms. The predicted octanol–water partition coefficient (Wildman–Crippen LogP) is 2.75. The maximum absolute atomic E-state index is 12.5. The van der Waals surface area contributed by atoms with Crippen LogP contribution in [-0.2, 0) is 13.1 Å². The van der Waals surface area contributed by atoms with Gasteiger partial charge in [-0.05, 0) is 19.2 Å². The Bertz CT molecular complexity index is 1030. The van der Waals surface area contributed by atoms with Crippen molar-refractivity contribution >= 4 is 39.2 Å². The fourth-order valence-electron chi connectivity index (χ4n) is 2.74. The molecule has 0 atom stereocenters. The maximum atomic E-state index is 12.5. The first-order chi connectivity index (χ1) is 12.7. The molecule has 0 saturated carbocycles. The van der Waals surface area contributed by atoms with Gasteiger partial charge in [-0.15, -0.1) is 0 Å². The van der Waals surface area contributed by atoms with Gasteiger partial charge in [0.2, 0.25) is 6.79 Å². The van der Waals surface area contributed by atoms with Crippen molar-refractivity contribution in [3.05, 3.63) is 34.9 Å². The highest BCUT2D eigenvalue weighted by Crippen LogP contribution is 2.37. The van der Waals surface area contributed by atoms with Crippen LogP contribution in [-0.4, -0.2) is 39.1 Å². The van der Waals surface area contributed by atoms with Crippen LogP contribution in [0.4, 0.5) is 0 Å². The quantitative estimate of drug-likeness (QED) is 0.670. The highest BCUT2D eigenvalue weighted by Gasteiger charge is 2.18. The predicted molar refractivity (Wildman–Crippen MR) is 102 cm³/mol. The largest absolute Gasteiger partial charge is 0.454 e. The number of thioether (sulfide) groups is 1. The van der Waals surface area contributed by atoms with Crippen molar-refractivity contribution in [2.75, 3.05) is 18.8 Å². The number of aryl methyl sites for hydroxylation is 2. The molecule has 3 aromatic rings. The minimum absolute atomic E-state index is 0.243. The summed E-state index contributed by atoms with van der Waals surface area (Å²) >= 11 is 3.22. The number of aromatic nitrogens is 3. The summed E-state index contributed by atoms with van der Waals surface area (Å²) in [6, 6.07) is 5.61. The Hall–Kier alpha value is -2.26. The van der Waals surface area contributed by atoms with Crippen LogP contribution in [0, 0.1) is 0 Å². The smallest absolute Gasteiger partial charge is 0.300 e. The zero-order valence-corrected chi connectivity index (χ0v) is 16.1. The number of nitrogens with zero attached hydrogens (tertiary/aromatic N) is 4. The summed E-state index contributed by atoms with van der Waals surface area (Å²) in [6.07, 6.45) is 3.85. The van der Waals surface area contributed by atoms with E-state index in [2.05, 4.69) is 20.9 Å². The van der Waals surface area contributed by atoms with Gasteiger partial charge in [-0.25, -0.2) is 0 Å². The molecule has 0 spiro atoms. The van der Waals surface area contributed by atoms with Gasteiger partial charge in [-0.3, -0.25) is 9.48 Å². The molecule has 4 rings (SSSR count). The van der Waals surface area contributed by atoms with Crippen LogP contribution in [0.5, 0.6) is 11.5 Å². The zero-order chi connectivity index (χ0) is 18.1. The van der Waals surface area contributed by atoms with E-state index in [1.807, 2.05) is 19.1 Å². The molecule has 1 amide bonds. The van der Waals surface area contributed by atoms with E-state index in [1.54, 1.807) is 28.7 Å². The molecule has 0 radical (unpaired) electrons. The summed E-state index contributed by atoms with van der Waals surface area (Å²) < 4.78 is 15.8. The molecule has 1 aliphatic rings. The molecule has 0 aliphatic carbocycles. The third-order valence-corrected chi connectivity index (χ3v) is 5.71. The lowest BCUT2D eigenvalue weighted by Crippen LogP contribution is -2.18. The average Bonchev–Trinajstić information content (AvgIpc) is 3.36. The topological polar surface area (TPSA) is 70.6 Å². The number of fused-ring (bicyclic) bond motifs is 2. The molecular formula is C17H18N4O3S2. The van der Waals surface area contributed by atoms with E-state index in [0.717, 1.165) is 40.6 Å². The maximum Gasteiger partial charge on any atom is 0.300 e. The normalized spacial score (nSPS) is 13.7. The number of rotatable bonds is 5. The third kappa shape index (κ3) is 3.12. The SMILES string of the molecule is CCn1ccc(C(=O)N=c2sc3cc4c(cc3n2CCSC)OCO4)n1. The Morgan fingerprint density at radius 2 is 2.19 bits per heavy atom. The molecule has 1 aliphatic heterocycles. The molecule has 136 valence electrons. The van der Waals surface area contributed by atoms with Crippen molar-refractivity contribution in [3.8, 4) is 11.5 Å². The van der Waals surface area contributed by atoms with Crippen molar-refractivity contribution in [1.29, 1.82) is 0 Å². The number of benzene rings is 1. The van der Waals surface area contributed by atoms with E-state index in [0.29, 0.717) is 10.5 Å². The van der Waals surface area contributed by atoms with Gasteiger partial charge in [0.15, 0.2) is 22.0 Å². The van der Waals surface area contributed by atoms with E-state index >= 15 is 0 Å². The standard InChI is InChI=1S/C17H18N4O3S2/c1-3-20-5-4-11(19-20)16(22)18-17-21(6-7-25-2)12-8-13-14(24-10-23-13)9-15(12)26-17/h4-5,8-9H,3,6-7,10H2,1-2H3. The summed E-state index contributed by atoms with van der Waals surface area (Å²) in [4.78, 5) is 17.6. The van der Waals surface area contributed by atoms with Gasteiger partial charge in [-0.1, -0.05) is 11.3 Å². The first-order valence-corrected chi connectivity index (χ1v) is 10.4. The Morgan fingerprint density at radius 3 is 2.92 bits per heavy atom. The van der Waals surface area contributed by atoms with Crippen LogP contribution in [0.15, 0.2) is 29.4 Å². The molecule has 1 aromatic carbocycles. The second-order valence-electron chi connectivity index (χ2n) is 5.68. The number of hydrogen-bond donors (Lipinski definition) is 0. The molecule has 0 unspecified atom stereocenters. The monoisotopic (exact) mass is 390 g/mol. The number of ether oxygens (including phenoxy) is 2. The summed E-state index contributed by atoms with van der Waals surface area (Å²) in [5, 5.41) is 4.25. The lowest BCUT2D eigenvalue weighted by atomic mass is 10.3. The zero-order valence-electron chi connectivity index (χ0n) is 14.5. The van der Waals surface area contributed by atoms with Gasteiger partial charge in [0, 0.05) is 37.2 Å². The van der Waals surface area contributed by atoms with Crippen LogP contribution < -0.4 is 14.3 Å². The Kier molecular flexibility index (Phi) is 4.73. The van der Waals surface area contributed by atoms with Crippen LogP contribution in [0.2, 0.25) is 0 Å². The fourth-order valence-corrected chi connectivity index (χ4v) is 4.17. The van der Waals surface area contributed by atoms with E-state index in [9.17, 15) is 4.79 Å². The van der Waals surface area contributed by atoms with Crippen molar-refractivity contribution in [2.45, 2.75) is 20.0 Å². The Labute approximate surface area is 158 Å². The third-order valence-electron chi connectivity index (χ3n) is 4.08. The minimum Gasteiger partial charge on any atom is -0.454 e. The highest BCUT2D eigenvalue weighted by molar-refractivity contribution is 7.98. The lowest BCUT2D eigenvalue weighted by molar-refractivity contribution is 0.0992. The number of amides is 1. The van der Waals surface area contributed by atoms with Gasteiger partial charge in [0.1, 0.15) is 0 Å². The second kappa shape index (κ2) is 7.16. The lowest BCUT2D eigenvalue weighted by Gasteiger charge is -2.04. The van der Waals surface area contributed by atoms with Gasteiger partial charge >= 0.3 is 0 Å². The molecule has 0 fully saturated rings. The van der Waals surface area contributed by atoms with E-state index < -0.39 is 0 Å². The second-order valence-corrected chi connectivity index (χ2v) is 7.67. The summed E-state index contributed by atoms with van der Waals surface area (Å²) in [5.41, 5.74) is 1.36. The van der Waals surface area contributed by atoms with Gasteiger partial charge < -0.3 is 14.0 Å². The minimum atomic E-state index is -0.332. The molecule has 0 N–H and O–H groups in total. The van der Waals surface area contributed by atoms with Crippen LogP contribution >= 0.6 is 23.1 Å². The molecular weight excluding hydrogens is 372 g/mol.